The second-order valence-electron chi connectivity index (χ2n) is 4.16. The van der Waals surface area contributed by atoms with Gasteiger partial charge in [-0.3, -0.25) is 10.1 Å². The number of anilines is 1. The molecular formula is C12H10FN3O4S. The van der Waals surface area contributed by atoms with Crippen molar-refractivity contribution in [1.82, 2.24) is 4.98 Å². The molecule has 0 saturated carbocycles. The van der Waals surface area contributed by atoms with Gasteiger partial charge < -0.3 is 10.4 Å². The minimum atomic E-state index is -1.13. The maximum Gasteiger partial charge on any atom is 0.355 e. The zero-order valence-electron chi connectivity index (χ0n) is 10.7. The molecule has 0 aliphatic carbocycles. The summed E-state index contributed by atoms with van der Waals surface area (Å²) in [5.74, 6) is -1.89. The summed E-state index contributed by atoms with van der Waals surface area (Å²) < 4.78 is 13.7. The number of nitrogens with zero attached hydrogens (tertiary/aromatic N) is 2. The Morgan fingerprint density at radius 2 is 2.29 bits per heavy atom. The number of non-ortho nitro benzene ring substituents is 1. The van der Waals surface area contributed by atoms with Crippen molar-refractivity contribution in [3.8, 4) is 0 Å². The number of aromatic nitrogens is 1. The van der Waals surface area contributed by atoms with Crippen molar-refractivity contribution in [3.63, 3.8) is 0 Å². The van der Waals surface area contributed by atoms with Crippen LogP contribution in [0.5, 0.6) is 0 Å². The number of rotatable bonds is 5. The molecule has 0 radical (unpaired) electrons. The molecule has 2 N–H and O–H groups in total. The fourth-order valence-corrected chi connectivity index (χ4v) is 2.41. The summed E-state index contributed by atoms with van der Waals surface area (Å²) in [5.41, 5.74) is -0.332. The second kappa shape index (κ2) is 5.83. The molecule has 1 unspecified atom stereocenters. The molecule has 2 rings (SSSR count). The van der Waals surface area contributed by atoms with E-state index >= 15 is 0 Å². The van der Waals surface area contributed by atoms with Crippen LogP contribution in [0.3, 0.4) is 0 Å². The fraction of sp³-hybridized carbons (Fsp3) is 0.167. The lowest BCUT2D eigenvalue weighted by atomic mass is 10.2. The van der Waals surface area contributed by atoms with E-state index in [1.165, 1.54) is 17.5 Å². The molecule has 0 fully saturated rings. The van der Waals surface area contributed by atoms with Crippen molar-refractivity contribution < 1.29 is 19.2 Å². The third-order valence-corrected chi connectivity index (χ3v) is 3.67. The zero-order valence-corrected chi connectivity index (χ0v) is 11.6. The molecule has 1 aromatic heterocycles. The number of benzene rings is 1. The summed E-state index contributed by atoms with van der Waals surface area (Å²) in [7, 11) is 0. The number of thiazole rings is 1. The lowest BCUT2D eigenvalue weighted by Gasteiger charge is -2.13. The standard InChI is InChI=1S/C12H10FN3O4S/c1-6(11-15-10(5-21-11)12(17)18)14-9-3-2-7(16(19)20)4-8(9)13/h2-6,14H,1H3,(H,17,18). The molecule has 1 aromatic carbocycles. The molecule has 110 valence electrons. The van der Waals surface area contributed by atoms with E-state index in [-0.39, 0.29) is 17.1 Å². The molecule has 0 aliphatic rings. The van der Waals surface area contributed by atoms with Crippen LogP contribution in [-0.2, 0) is 0 Å². The first-order valence-electron chi connectivity index (χ1n) is 5.77. The highest BCUT2D eigenvalue weighted by Crippen LogP contribution is 2.26. The number of nitro groups is 1. The Hall–Kier alpha value is -2.55. The van der Waals surface area contributed by atoms with E-state index < -0.39 is 22.8 Å². The molecule has 0 bridgehead atoms. The van der Waals surface area contributed by atoms with E-state index in [4.69, 9.17) is 5.11 Å². The van der Waals surface area contributed by atoms with Crippen LogP contribution >= 0.6 is 11.3 Å². The van der Waals surface area contributed by atoms with Crippen LogP contribution in [-0.4, -0.2) is 21.0 Å². The van der Waals surface area contributed by atoms with Gasteiger partial charge in [-0.15, -0.1) is 11.3 Å². The molecule has 1 atom stereocenters. The smallest absolute Gasteiger partial charge is 0.355 e. The second-order valence-corrected chi connectivity index (χ2v) is 5.05. The fourth-order valence-electron chi connectivity index (χ4n) is 1.61. The summed E-state index contributed by atoms with van der Waals surface area (Å²) in [6.07, 6.45) is 0. The number of carbonyl (C=O) groups is 1. The van der Waals surface area contributed by atoms with Crippen molar-refractivity contribution in [2.75, 3.05) is 5.32 Å². The van der Waals surface area contributed by atoms with Crippen molar-refractivity contribution in [2.24, 2.45) is 0 Å². The normalized spacial score (nSPS) is 11.9. The molecule has 2 aromatic rings. The highest BCUT2D eigenvalue weighted by Gasteiger charge is 2.16. The van der Waals surface area contributed by atoms with Crippen LogP contribution < -0.4 is 5.32 Å². The van der Waals surface area contributed by atoms with Crippen LogP contribution in [0.4, 0.5) is 15.8 Å². The third kappa shape index (κ3) is 3.31. The van der Waals surface area contributed by atoms with Crippen LogP contribution in [0.2, 0.25) is 0 Å². The summed E-state index contributed by atoms with van der Waals surface area (Å²) in [6.45, 7) is 1.69. The molecule has 0 spiro atoms. The number of hydrogen-bond donors (Lipinski definition) is 2. The number of nitro benzene ring substituents is 1. The van der Waals surface area contributed by atoms with Crippen molar-refractivity contribution in [1.29, 1.82) is 0 Å². The molecule has 7 nitrogen and oxygen atoms in total. The molecule has 21 heavy (non-hydrogen) atoms. The van der Waals surface area contributed by atoms with Crippen LogP contribution in [0, 0.1) is 15.9 Å². The van der Waals surface area contributed by atoms with Gasteiger partial charge in [-0.25, -0.2) is 14.2 Å². The molecule has 0 amide bonds. The first-order valence-corrected chi connectivity index (χ1v) is 6.65. The Morgan fingerprint density at radius 1 is 1.57 bits per heavy atom. The van der Waals surface area contributed by atoms with E-state index in [2.05, 4.69) is 10.3 Å². The molecule has 9 heteroatoms. The van der Waals surface area contributed by atoms with Crippen molar-refractivity contribution >= 4 is 28.7 Å². The van der Waals surface area contributed by atoms with Crippen LogP contribution in [0.25, 0.3) is 0 Å². The Morgan fingerprint density at radius 3 is 2.81 bits per heavy atom. The molecule has 1 heterocycles. The lowest BCUT2D eigenvalue weighted by molar-refractivity contribution is -0.385. The van der Waals surface area contributed by atoms with Gasteiger partial charge in [0.2, 0.25) is 0 Å². The number of halogens is 1. The predicted octanol–water partition coefficient (Wildman–Crippen LogP) is 3.06. The van der Waals surface area contributed by atoms with E-state index in [0.717, 1.165) is 17.4 Å². The topological polar surface area (TPSA) is 105 Å². The number of aromatic carboxylic acids is 1. The summed E-state index contributed by atoms with van der Waals surface area (Å²) >= 11 is 1.13. The maximum absolute atomic E-state index is 13.7. The summed E-state index contributed by atoms with van der Waals surface area (Å²) in [4.78, 5) is 24.5. The van der Waals surface area contributed by atoms with Gasteiger partial charge in [-0.1, -0.05) is 0 Å². The molecule has 0 saturated heterocycles. The number of nitrogens with one attached hydrogen (secondary N) is 1. The lowest BCUT2D eigenvalue weighted by Crippen LogP contribution is -2.08. The Balaban J connectivity index is 2.17. The van der Waals surface area contributed by atoms with Gasteiger partial charge in [-0.05, 0) is 13.0 Å². The van der Waals surface area contributed by atoms with Crippen molar-refractivity contribution in [2.45, 2.75) is 13.0 Å². The van der Waals surface area contributed by atoms with Crippen LogP contribution in [0.15, 0.2) is 23.6 Å². The van der Waals surface area contributed by atoms with Gasteiger partial charge in [0.25, 0.3) is 5.69 Å². The quantitative estimate of drug-likeness (QED) is 0.649. The van der Waals surface area contributed by atoms with Gasteiger partial charge in [0.1, 0.15) is 5.01 Å². The van der Waals surface area contributed by atoms with E-state index in [9.17, 15) is 19.3 Å². The number of carboxylic acids is 1. The highest BCUT2D eigenvalue weighted by molar-refractivity contribution is 7.09. The number of hydrogen-bond acceptors (Lipinski definition) is 6. The SMILES string of the molecule is CC(Nc1ccc([N+](=O)[O-])cc1F)c1nc(C(=O)O)cs1. The molecular weight excluding hydrogens is 301 g/mol. The Kier molecular flexibility index (Phi) is 4.13. The Bertz CT molecular complexity index is 704. The average molecular weight is 311 g/mol. The zero-order chi connectivity index (χ0) is 15.6. The largest absolute Gasteiger partial charge is 0.476 e. The first-order chi connectivity index (χ1) is 9.88. The minimum absolute atomic E-state index is 0.0761. The van der Waals surface area contributed by atoms with Crippen molar-refractivity contribution in [3.05, 3.63) is 50.2 Å². The summed E-state index contributed by atoms with van der Waals surface area (Å²) in [6, 6.07) is 2.83. The van der Waals surface area contributed by atoms with Gasteiger partial charge in [0, 0.05) is 11.4 Å². The first kappa shape index (κ1) is 14.9. The van der Waals surface area contributed by atoms with Gasteiger partial charge in [-0.2, -0.15) is 0 Å². The van der Waals surface area contributed by atoms with Crippen LogP contribution in [0.1, 0.15) is 28.5 Å². The van der Waals surface area contributed by atoms with E-state index in [1.807, 2.05) is 0 Å². The molecule has 0 aliphatic heterocycles. The summed E-state index contributed by atoms with van der Waals surface area (Å²) in [5, 5.41) is 24.0. The number of carboxylic acid groups (broad SMARTS) is 1. The third-order valence-electron chi connectivity index (χ3n) is 2.65. The highest BCUT2D eigenvalue weighted by atomic mass is 32.1. The van der Waals surface area contributed by atoms with E-state index in [1.54, 1.807) is 6.92 Å². The predicted molar refractivity (Wildman–Crippen MR) is 74.2 cm³/mol. The Labute approximate surface area is 122 Å². The average Bonchev–Trinajstić information content (AvgIpc) is 2.90. The monoisotopic (exact) mass is 311 g/mol. The van der Waals surface area contributed by atoms with E-state index in [0.29, 0.717) is 5.01 Å². The van der Waals surface area contributed by atoms with Gasteiger partial charge in [0.05, 0.1) is 22.7 Å². The van der Waals surface area contributed by atoms with Gasteiger partial charge in [0.15, 0.2) is 11.5 Å². The minimum Gasteiger partial charge on any atom is -0.476 e. The maximum atomic E-state index is 13.7. The van der Waals surface area contributed by atoms with Gasteiger partial charge >= 0.3 is 5.97 Å².